The van der Waals surface area contributed by atoms with E-state index in [2.05, 4.69) is 15.5 Å². The lowest BCUT2D eigenvalue weighted by Gasteiger charge is -2.35. The Bertz CT molecular complexity index is 1460. The van der Waals surface area contributed by atoms with E-state index in [0.29, 0.717) is 28.4 Å². The van der Waals surface area contributed by atoms with Crippen LogP contribution < -0.4 is 10.1 Å². The Morgan fingerprint density at radius 3 is 2.64 bits per heavy atom. The molecule has 8 heteroatoms. The Morgan fingerprint density at radius 1 is 1.06 bits per heavy atom. The average molecular weight is 485 g/mol. The van der Waals surface area contributed by atoms with E-state index in [1.807, 2.05) is 55.5 Å². The van der Waals surface area contributed by atoms with E-state index < -0.39 is 6.04 Å². The summed E-state index contributed by atoms with van der Waals surface area (Å²) >= 11 is 0. The molecule has 1 unspecified atom stereocenters. The van der Waals surface area contributed by atoms with Gasteiger partial charge >= 0.3 is 6.03 Å². The number of ether oxygens (including phenoxy) is 1. The third kappa shape index (κ3) is 4.45. The standard InChI is InChI=1S/C28H25FN4O3/c1-17-8-6-11-20(14-17)26-31-27(36-32-26)24-18(2)33(16-21-9-4-5-13-23(21)29)28(34)30-25(24)19-10-7-12-22(15-19)35-3/h4-15,25H,16H2,1-3H3,(H,30,34). The quantitative estimate of drug-likeness (QED) is 0.369. The van der Waals surface area contributed by atoms with Gasteiger partial charge < -0.3 is 14.6 Å². The van der Waals surface area contributed by atoms with Gasteiger partial charge in [-0.3, -0.25) is 4.90 Å². The highest BCUT2D eigenvalue weighted by Crippen LogP contribution is 2.38. The maximum atomic E-state index is 14.4. The Morgan fingerprint density at radius 2 is 1.86 bits per heavy atom. The summed E-state index contributed by atoms with van der Waals surface area (Å²) in [5, 5.41) is 7.24. The lowest BCUT2D eigenvalue weighted by Crippen LogP contribution is -2.45. The maximum absolute atomic E-state index is 14.4. The van der Waals surface area contributed by atoms with Crippen LogP contribution in [0.4, 0.5) is 9.18 Å². The van der Waals surface area contributed by atoms with Gasteiger partial charge in [0.2, 0.25) is 5.82 Å². The summed E-state index contributed by atoms with van der Waals surface area (Å²) in [5.74, 6) is 0.985. The summed E-state index contributed by atoms with van der Waals surface area (Å²) in [7, 11) is 1.59. The molecule has 4 aromatic rings. The molecule has 7 nitrogen and oxygen atoms in total. The molecule has 5 rings (SSSR count). The first-order valence-electron chi connectivity index (χ1n) is 11.5. The van der Waals surface area contributed by atoms with Crippen LogP contribution in [-0.2, 0) is 6.54 Å². The van der Waals surface area contributed by atoms with E-state index in [1.54, 1.807) is 32.2 Å². The van der Waals surface area contributed by atoms with Crippen LogP contribution in [0.5, 0.6) is 5.75 Å². The van der Waals surface area contributed by atoms with Crippen molar-refractivity contribution < 1.29 is 18.4 Å². The number of nitrogens with zero attached hydrogens (tertiary/aromatic N) is 3. The Labute approximate surface area is 208 Å². The van der Waals surface area contributed by atoms with E-state index in [0.717, 1.165) is 16.7 Å². The molecule has 1 aliphatic heterocycles. The molecule has 1 aliphatic rings. The zero-order valence-electron chi connectivity index (χ0n) is 20.2. The van der Waals surface area contributed by atoms with Crippen LogP contribution in [0.2, 0.25) is 0 Å². The number of carbonyl (C=O) groups is 1. The van der Waals surface area contributed by atoms with E-state index in [4.69, 9.17) is 9.26 Å². The number of aryl methyl sites for hydroxylation is 1. The van der Waals surface area contributed by atoms with Crippen LogP contribution in [0.3, 0.4) is 0 Å². The fourth-order valence-electron chi connectivity index (χ4n) is 4.35. The molecule has 2 amide bonds. The molecule has 0 saturated carbocycles. The molecule has 0 spiro atoms. The SMILES string of the molecule is COc1cccc(C2NC(=O)N(Cc3ccccc3F)C(C)=C2c2nc(-c3cccc(C)c3)no2)c1. The smallest absolute Gasteiger partial charge is 0.322 e. The normalized spacial score (nSPS) is 15.7. The van der Waals surface area contributed by atoms with Crippen molar-refractivity contribution >= 4 is 11.6 Å². The highest BCUT2D eigenvalue weighted by molar-refractivity contribution is 5.87. The Hall–Kier alpha value is -4.46. The van der Waals surface area contributed by atoms with Crippen molar-refractivity contribution in [1.29, 1.82) is 0 Å². The molecule has 0 fully saturated rings. The lowest BCUT2D eigenvalue weighted by atomic mass is 9.94. The lowest BCUT2D eigenvalue weighted by molar-refractivity contribution is 0.202. The second kappa shape index (κ2) is 9.65. The number of halogens is 1. The van der Waals surface area contributed by atoms with Crippen molar-refractivity contribution in [1.82, 2.24) is 20.4 Å². The van der Waals surface area contributed by atoms with Crippen molar-refractivity contribution in [3.8, 4) is 17.1 Å². The number of benzene rings is 3. The van der Waals surface area contributed by atoms with Crippen LogP contribution in [0.15, 0.2) is 83.0 Å². The fourth-order valence-corrected chi connectivity index (χ4v) is 4.35. The van der Waals surface area contributed by atoms with Crippen molar-refractivity contribution in [2.75, 3.05) is 7.11 Å². The molecule has 0 bridgehead atoms. The topological polar surface area (TPSA) is 80.5 Å². The van der Waals surface area contributed by atoms with E-state index >= 15 is 0 Å². The monoisotopic (exact) mass is 484 g/mol. The summed E-state index contributed by atoms with van der Waals surface area (Å²) in [4.78, 5) is 19.4. The van der Waals surface area contributed by atoms with Crippen molar-refractivity contribution in [2.24, 2.45) is 0 Å². The number of nitrogens with one attached hydrogen (secondary N) is 1. The predicted octanol–water partition coefficient (Wildman–Crippen LogP) is 5.89. The number of urea groups is 1. The number of amides is 2. The summed E-state index contributed by atoms with van der Waals surface area (Å²) in [6.45, 7) is 3.85. The average Bonchev–Trinajstić information content (AvgIpc) is 3.37. The zero-order chi connectivity index (χ0) is 25.2. The van der Waals surface area contributed by atoms with Gasteiger partial charge in [0.1, 0.15) is 11.6 Å². The first-order chi connectivity index (χ1) is 17.4. The largest absolute Gasteiger partial charge is 0.497 e. The van der Waals surface area contributed by atoms with Crippen LogP contribution in [0.1, 0.15) is 35.5 Å². The molecule has 3 aromatic carbocycles. The Kier molecular flexibility index (Phi) is 6.25. The number of carbonyl (C=O) groups excluding carboxylic acids is 1. The van der Waals surface area contributed by atoms with Gasteiger partial charge in [-0.25, -0.2) is 9.18 Å². The maximum Gasteiger partial charge on any atom is 0.322 e. The summed E-state index contributed by atoms with van der Waals surface area (Å²) < 4.78 is 25.6. The van der Waals surface area contributed by atoms with Gasteiger partial charge in [0.05, 0.1) is 25.3 Å². The van der Waals surface area contributed by atoms with E-state index in [-0.39, 0.29) is 24.3 Å². The number of aromatic nitrogens is 2. The van der Waals surface area contributed by atoms with Crippen LogP contribution in [0.25, 0.3) is 17.0 Å². The minimum atomic E-state index is -0.574. The van der Waals surface area contributed by atoms with E-state index in [1.165, 1.54) is 11.0 Å². The van der Waals surface area contributed by atoms with Gasteiger partial charge in [0.15, 0.2) is 0 Å². The van der Waals surface area contributed by atoms with E-state index in [9.17, 15) is 9.18 Å². The van der Waals surface area contributed by atoms with Gasteiger partial charge in [0, 0.05) is 16.8 Å². The molecule has 1 aromatic heterocycles. The van der Waals surface area contributed by atoms with Crippen LogP contribution in [0, 0.1) is 12.7 Å². The molecule has 0 aliphatic carbocycles. The molecule has 2 heterocycles. The molecule has 1 atom stereocenters. The third-order valence-corrected chi connectivity index (χ3v) is 6.24. The van der Waals surface area contributed by atoms with Crippen LogP contribution >= 0.6 is 0 Å². The van der Waals surface area contributed by atoms with Crippen molar-refractivity contribution in [3.05, 3.63) is 107 Å². The molecule has 1 N–H and O–H groups in total. The molecule has 182 valence electrons. The van der Waals surface area contributed by atoms with Crippen molar-refractivity contribution in [2.45, 2.75) is 26.4 Å². The summed E-state index contributed by atoms with van der Waals surface area (Å²) in [6.07, 6.45) is 0. The van der Waals surface area contributed by atoms with Gasteiger partial charge in [-0.2, -0.15) is 4.98 Å². The van der Waals surface area contributed by atoms with Gasteiger partial charge in [0.25, 0.3) is 5.89 Å². The van der Waals surface area contributed by atoms with Crippen LogP contribution in [-0.4, -0.2) is 28.2 Å². The summed E-state index contributed by atoms with van der Waals surface area (Å²) in [5.41, 5.74) is 4.31. The molecule has 0 saturated heterocycles. The minimum Gasteiger partial charge on any atom is -0.497 e. The molecular weight excluding hydrogens is 459 g/mol. The first-order valence-corrected chi connectivity index (χ1v) is 11.5. The minimum absolute atomic E-state index is 0.0531. The number of hydrogen-bond donors (Lipinski definition) is 1. The first kappa shape index (κ1) is 23.3. The highest BCUT2D eigenvalue weighted by atomic mass is 19.1. The molecule has 0 radical (unpaired) electrons. The highest BCUT2D eigenvalue weighted by Gasteiger charge is 2.36. The number of methoxy groups -OCH3 is 1. The number of rotatable bonds is 6. The second-order valence-corrected chi connectivity index (χ2v) is 8.63. The molecule has 36 heavy (non-hydrogen) atoms. The second-order valence-electron chi connectivity index (χ2n) is 8.63. The predicted molar refractivity (Wildman–Crippen MR) is 133 cm³/mol. The third-order valence-electron chi connectivity index (χ3n) is 6.24. The van der Waals surface area contributed by atoms with Gasteiger partial charge in [-0.05, 0) is 43.7 Å². The van der Waals surface area contributed by atoms with Gasteiger partial charge in [-0.15, -0.1) is 0 Å². The number of allylic oxidation sites excluding steroid dienone is 1. The molecular formula is C28H25FN4O3. The summed E-state index contributed by atoms with van der Waals surface area (Å²) in [6, 6.07) is 20.7. The van der Waals surface area contributed by atoms with Gasteiger partial charge in [-0.1, -0.05) is 59.3 Å². The van der Waals surface area contributed by atoms with Crippen molar-refractivity contribution in [3.63, 3.8) is 0 Å². The number of hydrogen-bond acceptors (Lipinski definition) is 5. The fraction of sp³-hybridized carbons (Fsp3) is 0.179. The Balaban J connectivity index is 1.62. The zero-order valence-corrected chi connectivity index (χ0v) is 20.2.